The first-order valence-electron chi connectivity index (χ1n) is 6.75. The highest BCUT2D eigenvalue weighted by Gasteiger charge is 2.51. The summed E-state index contributed by atoms with van der Waals surface area (Å²) < 4.78 is 0. The van der Waals surface area contributed by atoms with Gasteiger partial charge < -0.3 is 4.90 Å². The lowest BCUT2D eigenvalue weighted by Crippen LogP contribution is -2.44. The highest BCUT2D eigenvalue weighted by Crippen LogP contribution is 2.45. The van der Waals surface area contributed by atoms with Crippen LogP contribution in [-0.4, -0.2) is 34.8 Å². The van der Waals surface area contributed by atoms with Crippen LogP contribution in [0.25, 0.3) is 0 Å². The SMILES string of the molecule is N#CC1(C(=O)NC2=NCCN2Cc2ccc(Cl)nc2)CC1. The third-order valence-electron chi connectivity index (χ3n) is 3.72. The van der Waals surface area contributed by atoms with Gasteiger partial charge in [-0.3, -0.25) is 15.1 Å². The van der Waals surface area contributed by atoms with E-state index in [9.17, 15) is 4.79 Å². The van der Waals surface area contributed by atoms with Crippen molar-refractivity contribution < 1.29 is 4.79 Å². The monoisotopic (exact) mass is 303 g/mol. The van der Waals surface area contributed by atoms with Gasteiger partial charge in [-0.1, -0.05) is 17.7 Å². The van der Waals surface area contributed by atoms with Gasteiger partial charge >= 0.3 is 0 Å². The molecule has 2 heterocycles. The number of halogens is 1. The lowest BCUT2D eigenvalue weighted by molar-refractivity contribution is -0.123. The molecule has 1 amide bonds. The molecule has 1 fully saturated rings. The molecule has 1 aromatic rings. The van der Waals surface area contributed by atoms with Crippen molar-refractivity contribution in [2.24, 2.45) is 10.4 Å². The number of pyridine rings is 1. The molecule has 6 nitrogen and oxygen atoms in total. The fraction of sp³-hybridized carbons (Fsp3) is 0.429. The van der Waals surface area contributed by atoms with Gasteiger partial charge in [0.2, 0.25) is 11.9 Å². The van der Waals surface area contributed by atoms with Crippen LogP contribution in [0.3, 0.4) is 0 Å². The Kier molecular flexibility index (Phi) is 3.52. The maximum absolute atomic E-state index is 12.1. The summed E-state index contributed by atoms with van der Waals surface area (Å²) in [5.74, 6) is 0.293. The molecule has 7 heteroatoms. The number of aliphatic imine (C=N–C) groups is 1. The molecular formula is C14H14ClN5O. The molecule has 1 N–H and O–H groups in total. The van der Waals surface area contributed by atoms with Gasteiger partial charge in [-0.15, -0.1) is 0 Å². The number of nitrogens with zero attached hydrogens (tertiary/aromatic N) is 4. The van der Waals surface area contributed by atoms with Crippen LogP contribution in [0.5, 0.6) is 0 Å². The second-order valence-electron chi connectivity index (χ2n) is 5.26. The van der Waals surface area contributed by atoms with Crippen molar-refractivity contribution in [3.8, 4) is 6.07 Å². The fourth-order valence-electron chi connectivity index (χ4n) is 2.21. The predicted octanol–water partition coefficient (Wildman–Crippen LogP) is 1.33. The maximum Gasteiger partial charge on any atom is 0.247 e. The molecular weight excluding hydrogens is 290 g/mol. The number of hydrogen-bond donors (Lipinski definition) is 1. The normalized spacial score (nSPS) is 18.9. The third-order valence-corrected chi connectivity index (χ3v) is 3.94. The van der Waals surface area contributed by atoms with Gasteiger partial charge in [0.15, 0.2) is 0 Å². The summed E-state index contributed by atoms with van der Waals surface area (Å²) >= 11 is 5.76. The Bertz CT molecular complexity index is 630. The third kappa shape index (κ3) is 2.83. The minimum atomic E-state index is -0.835. The molecule has 0 atom stereocenters. The molecule has 0 radical (unpaired) electrons. The molecule has 108 valence electrons. The van der Waals surface area contributed by atoms with Crippen LogP contribution in [0.2, 0.25) is 5.15 Å². The number of nitrogens with one attached hydrogen (secondary N) is 1. The van der Waals surface area contributed by atoms with Crippen molar-refractivity contribution in [2.45, 2.75) is 19.4 Å². The topological polar surface area (TPSA) is 81.4 Å². The summed E-state index contributed by atoms with van der Waals surface area (Å²) in [6.45, 7) is 1.97. The summed E-state index contributed by atoms with van der Waals surface area (Å²) in [4.78, 5) is 22.4. The molecule has 1 aromatic heterocycles. The molecule has 0 spiro atoms. The van der Waals surface area contributed by atoms with E-state index in [0.29, 0.717) is 37.0 Å². The van der Waals surface area contributed by atoms with E-state index in [1.807, 2.05) is 11.0 Å². The minimum absolute atomic E-state index is 0.245. The second kappa shape index (κ2) is 5.34. The number of aromatic nitrogens is 1. The molecule has 0 bridgehead atoms. The van der Waals surface area contributed by atoms with E-state index in [4.69, 9.17) is 16.9 Å². The predicted molar refractivity (Wildman–Crippen MR) is 77.4 cm³/mol. The molecule has 1 saturated carbocycles. The Morgan fingerprint density at radius 3 is 2.95 bits per heavy atom. The summed E-state index contributed by atoms with van der Waals surface area (Å²) in [7, 11) is 0. The standard InChI is InChI=1S/C14H14ClN5O/c15-11-2-1-10(7-18-11)8-20-6-5-17-13(20)19-12(21)14(9-16)3-4-14/h1-2,7H,3-6,8H2,(H,17,19,21). The van der Waals surface area contributed by atoms with Crippen LogP contribution in [0.4, 0.5) is 0 Å². The second-order valence-corrected chi connectivity index (χ2v) is 5.65. The minimum Gasteiger partial charge on any atom is -0.336 e. The number of amides is 1. The van der Waals surface area contributed by atoms with Gasteiger partial charge in [0.25, 0.3) is 0 Å². The quantitative estimate of drug-likeness (QED) is 0.854. The van der Waals surface area contributed by atoms with Crippen molar-refractivity contribution in [1.29, 1.82) is 5.26 Å². The molecule has 0 saturated heterocycles. The van der Waals surface area contributed by atoms with Gasteiger partial charge in [0.05, 0.1) is 12.6 Å². The number of carbonyl (C=O) groups excluding carboxylic acids is 1. The Morgan fingerprint density at radius 2 is 2.33 bits per heavy atom. The van der Waals surface area contributed by atoms with Crippen molar-refractivity contribution >= 4 is 23.5 Å². The number of carbonyl (C=O) groups is 1. The Morgan fingerprint density at radius 1 is 1.52 bits per heavy atom. The summed E-state index contributed by atoms with van der Waals surface area (Å²) in [6.07, 6.45) is 2.96. The van der Waals surface area contributed by atoms with E-state index < -0.39 is 5.41 Å². The Labute approximate surface area is 127 Å². The maximum atomic E-state index is 12.1. The summed E-state index contributed by atoms with van der Waals surface area (Å²) in [5, 5.41) is 12.3. The lowest BCUT2D eigenvalue weighted by atomic mass is 10.1. The highest BCUT2D eigenvalue weighted by atomic mass is 35.5. The molecule has 0 unspecified atom stereocenters. The molecule has 3 rings (SSSR count). The van der Waals surface area contributed by atoms with Gasteiger partial charge in [-0.2, -0.15) is 5.26 Å². The Hall–Kier alpha value is -2.13. The van der Waals surface area contributed by atoms with E-state index >= 15 is 0 Å². The largest absolute Gasteiger partial charge is 0.336 e. The first kappa shape index (κ1) is 13.8. The average Bonchev–Trinajstić information content (AvgIpc) is 3.19. The summed E-state index contributed by atoms with van der Waals surface area (Å²) in [6, 6.07) is 5.71. The fourth-order valence-corrected chi connectivity index (χ4v) is 2.32. The van der Waals surface area contributed by atoms with Crippen LogP contribution in [0, 0.1) is 16.7 Å². The van der Waals surface area contributed by atoms with Gasteiger partial charge in [-0.25, -0.2) is 4.98 Å². The Balaban J connectivity index is 1.64. The number of hydrogen-bond acceptors (Lipinski definition) is 5. The first-order valence-corrected chi connectivity index (χ1v) is 7.13. The van der Waals surface area contributed by atoms with Crippen molar-refractivity contribution in [1.82, 2.24) is 15.2 Å². The number of guanidine groups is 1. The smallest absolute Gasteiger partial charge is 0.247 e. The van der Waals surface area contributed by atoms with E-state index in [0.717, 1.165) is 12.1 Å². The van der Waals surface area contributed by atoms with Gasteiger partial charge in [-0.05, 0) is 24.5 Å². The van der Waals surface area contributed by atoms with Crippen LogP contribution in [-0.2, 0) is 11.3 Å². The molecule has 0 aromatic carbocycles. The van der Waals surface area contributed by atoms with E-state index in [-0.39, 0.29) is 5.91 Å². The van der Waals surface area contributed by atoms with Crippen LogP contribution in [0.15, 0.2) is 23.3 Å². The number of rotatable bonds is 3. The van der Waals surface area contributed by atoms with Crippen molar-refractivity contribution in [3.05, 3.63) is 29.0 Å². The lowest BCUT2D eigenvalue weighted by Gasteiger charge is -2.21. The zero-order chi connectivity index (χ0) is 14.9. The van der Waals surface area contributed by atoms with Crippen LogP contribution < -0.4 is 5.32 Å². The van der Waals surface area contributed by atoms with Gasteiger partial charge in [0, 0.05) is 19.3 Å². The van der Waals surface area contributed by atoms with E-state index in [1.54, 1.807) is 12.3 Å². The molecule has 1 aliphatic heterocycles. The zero-order valence-corrected chi connectivity index (χ0v) is 12.1. The van der Waals surface area contributed by atoms with Crippen LogP contribution >= 0.6 is 11.6 Å². The number of nitriles is 1. The molecule has 21 heavy (non-hydrogen) atoms. The van der Waals surface area contributed by atoms with Gasteiger partial charge in [0.1, 0.15) is 10.6 Å². The highest BCUT2D eigenvalue weighted by molar-refractivity contribution is 6.29. The van der Waals surface area contributed by atoms with Crippen molar-refractivity contribution in [3.63, 3.8) is 0 Å². The zero-order valence-electron chi connectivity index (χ0n) is 11.3. The summed E-state index contributed by atoms with van der Waals surface area (Å²) in [5.41, 5.74) is 0.156. The van der Waals surface area contributed by atoms with E-state index in [1.165, 1.54) is 0 Å². The van der Waals surface area contributed by atoms with Crippen LogP contribution in [0.1, 0.15) is 18.4 Å². The van der Waals surface area contributed by atoms with Crippen molar-refractivity contribution in [2.75, 3.05) is 13.1 Å². The first-order chi connectivity index (χ1) is 10.1. The average molecular weight is 304 g/mol. The molecule has 2 aliphatic rings. The van der Waals surface area contributed by atoms with E-state index in [2.05, 4.69) is 21.4 Å². The molecule has 1 aliphatic carbocycles.